The molecule has 0 aliphatic carbocycles. The number of aryl methyl sites for hydroxylation is 1. The molecule has 0 atom stereocenters. The summed E-state index contributed by atoms with van der Waals surface area (Å²) in [6.45, 7) is 6.85. The minimum Gasteiger partial charge on any atom is -0.327 e. The molecule has 4 nitrogen and oxygen atoms in total. The van der Waals surface area contributed by atoms with E-state index in [4.69, 9.17) is 11.6 Å². The van der Waals surface area contributed by atoms with Crippen LogP contribution in [-0.4, -0.2) is 26.9 Å². The zero-order valence-corrected chi connectivity index (χ0v) is 16.2. The van der Waals surface area contributed by atoms with Crippen molar-refractivity contribution in [3.8, 4) is 0 Å². The molecule has 0 saturated carbocycles. The fourth-order valence-corrected chi connectivity index (χ4v) is 3.28. The van der Waals surface area contributed by atoms with E-state index in [1.165, 1.54) is 24.3 Å². The van der Waals surface area contributed by atoms with Gasteiger partial charge < -0.3 is 9.47 Å². The van der Waals surface area contributed by atoms with Crippen molar-refractivity contribution in [2.24, 2.45) is 0 Å². The monoisotopic (exact) mass is 403 g/mol. The molecule has 3 rings (SSSR count). The van der Waals surface area contributed by atoms with Crippen LogP contribution in [0.25, 0.3) is 11.0 Å². The number of hydrogen-bond donors (Lipinski definition) is 0. The number of hydrogen-bond acceptors (Lipinski definition) is 2. The lowest BCUT2D eigenvalue weighted by Gasteiger charge is -2.22. The molecule has 1 amide bonds. The second-order valence-corrected chi connectivity index (χ2v) is 6.82. The number of aromatic nitrogens is 2. The van der Waals surface area contributed by atoms with Crippen LogP contribution >= 0.6 is 11.6 Å². The van der Waals surface area contributed by atoms with E-state index < -0.39 is 5.82 Å². The quantitative estimate of drug-likeness (QED) is 0.508. The van der Waals surface area contributed by atoms with Gasteiger partial charge in [-0.15, -0.1) is 6.58 Å². The van der Waals surface area contributed by atoms with Crippen molar-refractivity contribution in [2.75, 3.05) is 6.54 Å². The van der Waals surface area contributed by atoms with Crippen LogP contribution in [-0.2, 0) is 13.1 Å². The van der Waals surface area contributed by atoms with E-state index in [2.05, 4.69) is 11.6 Å². The summed E-state index contributed by atoms with van der Waals surface area (Å²) < 4.78 is 29.1. The summed E-state index contributed by atoms with van der Waals surface area (Å²) in [4.78, 5) is 19.1. The van der Waals surface area contributed by atoms with Gasteiger partial charge in [-0.1, -0.05) is 24.6 Å². The Kier molecular flexibility index (Phi) is 6.09. The molecule has 2 aromatic carbocycles. The second-order valence-electron chi connectivity index (χ2n) is 6.42. The summed E-state index contributed by atoms with van der Waals surface area (Å²) >= 11 is 5.82. The maximum absolute atomic E-state index is 13.7. The third kappa shape index (κ3) is 4.07. The number of imidazole rings is 1. The van der Waals surface area contributed by atoms with E-state index >= 15 is 0 Å². The lowest BCUT2D eigenvalue weighted by molar-refractivity contribution is 0.0757. The third-order valence-corrected chi connectivity index (χ3v) is 4.66. The van der Waals surface area contributed by atoms with Crippen LogP contribution in [0.2, 0.25) is 5.02 Å². The average molecular weight is 404 g/mol. The van der Waals surface area contributed by atoms with Crippen molar-refractivity contribution in [3.63, 3.8) is 0 Å². The standard InChI is InChI=1S/C21H20ClF2N3O/c1-3-9-26(21(28)14-5-7-17(24)16(22)11-14)13-20-25-18-8-6-15(23)12-19(18)27(20)10-4-2/h3,5-8,11-12H,1,4,9-10,13H2,2H3. The zero-order valence-electron chi connectivity index (χ0n) is 15.5. The van der Waals surface area contributed by atoms with Crippen LogP contribution in [0.15, 0.2) is 49.1 Å². The molecule has 28 heavy (non-hydrogen) atoms. The number of nitrogens with zero attached hydrogens (tertiary/aromatic N) is 3. The molecule has 1 aromatic heterocycles. The Labute approximate surface area is 167 Å². The topological polar surface area (TPSA) is 38.1 Å². The van der Waals surface area contributed by atoms with Crippen LogP contribution < -0.4 is 0 Å². The first-order valence-corrected chi connectivity index (χ1v) is 9.32. The lowest BCUT2D eigenvalue weighted by Crippen LogP contribution is -2.32. The molecule has 3 aromatic rings. The molecular formula is C21H20ClF2N3O. The maximum Gasteiger partial charge on any atom is 0.254 e. The third-order valence-electron chi connectivity index (χ3n) is 4.37. The van der Waals surface area contributed by atoms with E-state index in [0.717, 1.165) is 12.5 Å². The normalized spacial score (nSPS) is 11.0. The highest BCUT2D eigenvalue weighted by atomic mass is 35.5. The van der Waals surface area contributed by atoms with Gasteiger partial charge in [0.05, 0.1) is 22.6 Å². The maximum atomic E-state index is 13.7. The highest BCUT2D eigenvalue weighted by molar-refractivity contribution is 6.31. The molecule has 0 unspecified atom stereocenters. The van der Waals surface area contributed by atoms with Gasteiger partial charge in [-0.2, -0.15) is 0 Å². The molecule has 0 N–H and O–H groups in total. The van der Waals surface area contributed by atoms with Crippen molar-refractivity contribution in [2.45, 2.75) is 26.4 Å². The summed E-state index contributed by atoms with van der Waals surface area (Å²) in [7, 11) is 0. The van der Waals surface area contributed by atoms with Gasteiger partial charge in [0.15, 0.2) is 0 Å². The van der Waals surface area contributed by atoms with Gasteiger partial charge in [-0.3, -0.25) is 4.79 Å². The number of amides is 1. The number of fused-ring (bicyclic) bond motifs is 1. The van der Waals surface area contributed by atoms with Crippen molar-refractivity contribution in [1.29, 1.82) is 0 Å². The predicted octanol–water partition coefficient (Wildman–Crippen LogP) is 5.21. The number of rotatable bonds is 7. The van der Waals surface area contributed by atoms with E-state index in [9.17, 15) is 13.6 Å². The van der Waals surface area contributed by atoms with Gasteiger partial charge in [0.2, 0.25) is 0 Å². The highest BCUT2D eigenvalue weighted by Gasteiger charge is 2.20. The summed E-state index contributed by atoms with van der Waals surface area (Å²) in [5.74, 6) is -0.592. The summed E-state index contributed by atoms with van der Waals surface area (Å²) in [5.41, 5.74) is 1.63. The fourth-order valence-electron chi connectivity index (χ4n) is 3.10. The minimum absolute atomic E-state index is 0.113. The molecule has 0 bridgehead atoms. The smallest absolute Gasteiger partial charge is 0.254 e. The number of carbonyl (C=O) groups is 1. The summed E-state index contributed by atoms with van der Waals surface area (Å²) in [6, 6.07) is 8.30. The Morgan fingerprint density at radius 1 is 1.29 bits per heavy atom. The van der Waals surface area contributed by atoms with Crippen LogP contribution in [0.5, 0.6) is 0 Å². The van der Waals surface area contributed by atoms with Crippen molar-refractivity contribution in [3.05, 3.63) is 77.1 Å². The Balaban J connectivity index is 1.97. The molecule has 0 fully saturated rings. The molecule has 0 saturated heterocycles. The summed E-state index contributed by atoms with van der Waals surface area (Å²) in [5, 5.41) is -0.113. The van der Waals surface area contributed by atoms with Gasteiger partial charge in [0, 0.05) is 18.7 Å². The van der Waals surface area contributed by atoms with Crippen molar-refractivity contribution < 1.29 is 13.6 Å². The Hall–Kier alpha value is -2.73. The second kappa shape index (κ2) is 8.52. The molecule has 0 radical (unpaired) electrons. The van der Waals surface area contributed by atoms with Crippen molar-refractivity contribution in [1.82, 2.24) is 14.5 Å². The van der Waals surface area contributed by atoms with Crippen LogP contribution in [0.1, 0.15) is 29.5 Å². The molecule has 146 valence electrons. The molecule has 0 spiro atoms. The van der Waals surface area contributed by atoms with Gasteiger partial charge >= 0.3 is 0 Å². The molecule has 7 heteroatoms. The fraction of sp³-hybridized carbons (Fsp3) is 0.238. The highest BCUT2D eigenvalue weighted by Crippen LogP contribution is 2.21. The van der Waals surface area contributed by atoms with Crippen molar-refractivity contribution >= 4 is 28.5 Å². The van der Waals surface area contributed by atoms with E-state index in [1.54, 1.807) is 17.0 Å². The Bertz CT molecular complexity index is 1030. The molecule has 0 aliphatic heterocycles. The van der Waals surface area contributed by atoms with Crippen LogP contribution in [0.3, 0.4) is 0 Å². The largest absolute Gasteiger partial charge is 0.327 e. The summed E-state index contributed by atoms with van der Waals surface area (Å²) in [6.07, 6.45) is 2.44. The first-order valence-electron chi connectivity index (χ1n) is 8.94. The SMILES string of the molecule is C=CCN(Cc1nc2ccc(F)cc2n1CCC)C(=O)c1ccc(F)c(Cl)c1. The van der Waals surface area contributed by atoms with E-state index in [1.807, 2.05) is 11.5 Å². The Morgan fingerprint density at radius 3 is 2.75 bits per heavy atom. The van der Waals surface area contributed by atoms with Gasteiger partial charge in [0.25, 0.3) is 5.91 Å². The van der Waals surface area contributed by atoms with Gasteiger partial charge in [-0.25, -0.2) is 13.8 Å². The number of carbonyl (C=O) groups excluding carboxylic acids is 1. The average Bonchev–Trinajstić information content (AvgIpc) is 3.00. The number of benzene rings is 2. The zero-order chi connectivity index (χ0) is 20.3. The predicted molar refractivity (Wildman–Crippen MR) is 106 cm³/mol. The minimum atomic E-state index is -0.583. The van der Waals surface area contributed by atoms with Crippen LogP contribution in [0.4, 0.5) is 8.78 Å². The lowest BCUT2D eigenvalue weighted by atomic mass is 10.2. The first kappa shape index (κ1) is 20.0. The van der Waals surface area contributed by atoms with E-state index in [0.29, 0.717) is 23.4 Å². The molecular weight excluding hydrogens is 384 g/mol. The first-order chi connectivity index (χ1) is 13.4. The van der Waals surface area contributed by atoms with Crippen LogP contribution in [0, 0.1) is 11.6 Å². The molecule has 0 aliphatic rings. The number of halogens is 3. The molecule has 1 heterocycles. The van der Waals surface area contributed by atoms with E-state index in [-0.39, 0.29) is 35.4 Å². The Morgan fingerprint density at radius 2 is 2.07 bits per heavy atom. The van der Waals surface area contributed by atoms with Gasteiger partial charge in [0.1, 0.15) is 17.5 Å². The van der Waals surface area contributed by atoms with Gasteiger partial charge in [-0.05, 0) is 42.8 Å².